The molecule has 0 unspecified atom stereocenters. The van der Waals surface area contributed by atoms with Gasteiger partial charge in [0.05, 0.1) is 16.8 Å². The lowest BCUT2D eigenvalue weighted by Crippen LogP contribution is -2.34. The van der Waals surface area contributed by atoms with Crippen molar-refractivity contribution in [3.05, 3.63) is 192 Å². The third-order valence-electron chi connectivity index (χ3n) is 8.57. The largest absolute Gasteiger partial charge is 0.457 e. The first-order chi connectivity index (χ1) is 21.8. The van der Waals surface area contributed by atoms with Crippen LogP contribution in [-0.2, 0) is 5.41 Å². The Morgan fingerprint density at radius 3 is 1.41 bits per heavy atom. The summed E-state index contributed by atoms with van der Waals surface area (Å²) in [6.45, 7) is 0. The molecule has 0 saturated carbocycles. The molecule has 1 aliphatic rings. The van der Waals surface area contributed by atoms with Crippen LogP contribution in [0, 0.1) is 0 Å². The number of rotatable bonds is 5. The highest BCUT2D eigenvalue weighted by molar-refractivity contribution is 5.79. The third-order valence-corrected chi connectivity index (χ3v) is 8.57. The van der Waals surface area contributed by atoms with Gasteiger partial charge in [-0.05, 0) is 46.5 Å². The minimum atomic E-state index is -0.583. The second kappa shape index (κ2) is 10.8. The molecule has 1 aromatic heterocycles. The summed E-state index contributed by atoms with van der Waals surface area (Å²) in [5, 5.41) is 9.06. The summed E-state index contributed by atoms with van der Waals surface area (Å²) < 4.78 is 6.51. The van der Waals surface area contributed by atoms with E-state index in [-0.39, 0.29) is 0 Å². The van der Waals surface area contributed by atoms with Gasteiger partial charge in [0.15, 0.2) is 0 Å². The minimum Gasteiger partial charge on any atom is -0.457 e. The highest BCUT2D eigenvalue weighted by atomic mass is 16.5. The molecule has 6 aromatic carbocycles. The lowest BCUT2D eigenvalue weighted by Gasteiger charge is -2.42. The van der Waals surface area contributed by atoms with Crippen LogP contribution in [-0.4, -0.2) is 10.2 Å². The van der Waals surface area contributed by atoms with Crippen molar-refractivity contribution < 1.29 is 4.74 Å². The molecule has 0 amide bonds. The molecule has 0 N–H and O–H groups in total. The van der Waals surface area contributed by atoms with E-state index in [1.54, 1.807) is 0 Å². The Bertz CT molecular complexity index is 2020. The molecule has 7 aromatic rings. The number of ether oxygens (including phenoxy) is 1. The Balaban J connectivity index is 1.28. The van der Waals surface area contributed by atoms with E-state index in [0.29, 0.717) is 0 Å². The molecule has 0 fully saturated rings. The van der Waals surface area contributed by atoms with Crippen LogP contribution < -0.4 is 4.74 Å². The van der Waals surface area contributed by atoms with Gasteiger partial charge in [0.25, 0.3) is 0 Å². The Morgan fingerprint density at radius 2 is 0.818 bits per heavy atom. The monoisotopic (exact) mass is 564 g/mol. The summed E-state index contributed by atoms with van der Waals surface area (Å²) in [5.41, 5.74) is 10.2. The van der Waals surface area contributed by atoms with Gasteiger partial charge >= 0.3 is 0 Å². The molecule has 2 heterocycles. The number of aromatic nitrogens is 2. The number of benzene rings is 6. The Morgan fingerprint density at radius 1 is 0.364 bits per heavy atom. The Labute approximate surface area is 257 Å². The Kier molecular flexibility index (Phi) is 6.35. The molecule has 0 spiro atoms. The molecular formula is C41H28N2O. The van der Waals surface area contributed by atoms with Gasteiger partial charge < -0.3 is 4.74 Å². The zero-order valence-corrected chi connectivity index (χ0v) is 24.0. The average molecular weight is 565 g/mol. The van der Waals surface area contributed by atoms with Crippen molar-refractivity contribution in [3.8, 4) is 45.1 Å². The highest BCUT2D eigenvalue weighted by Gasteiger charge is 2.46. The first kappa shape index (κ1) is 25.9. The molecule has 3 heteroatoms. The van der Waals surface area contributed by atoms with Crippen LogP contribution in [0.3, 0.4) is 0 Å². The molecule has 0 radical (unpaired) electrons. The van der Waals surface area contributed by atoms with E-state index in [4.69, 9.17) is 4.74 Å². The van der Waals surface area contributed by atoms with Gasteiger partial charge in [-0.2, -0.15) is 0 Å². The number of hydrogen-bond acceptors (Lipinski definition) is 3. The summed E-state index contributed by atoms with van der Waals surface area (Å²) in [4.78, 5) is 0. The van der Waals surface area contributed by atoms with E-state index in [0.717, 1.165) is 50.7 Å². The molecule has 3 nitrogen and oxygen atoms in total. The van der Waals surface area contributed by atoms with Crippen LogP contribution in [0.2, 0.25) is 0 Å². The lowest BCUT2D eigenvalue weighted by molar-refractivity contribution is 0.434. The smallest absolute Gasteiger partial charge is 0.132 e. The molecule has 0 bridgehead atoms. The molecule has 208 valence electrons. The normalized spacial score (nSPS) is 12.9. The van der Waals surface area contributed by atoms with Crippen LogP contribution in [0.4, 0.5) is 0 Å². The number of para-hydroxylation sites is 2. The summed E-state index contributed by atoms with van der Waals surface area (Å²) >= 11 is 0. The minimum absolute atomic E-state index is 0.583. The summed E-state index contributed by atoms with van der Waals surface area (Å²) in [5.74, 6) is 1.75. The predicted molar refractivity (Wildman–Crippen MR) is 177 cm³/mol. The second-order valence-corrected chi connectivity index (χ2v) is 11.0. The maximum atomic E-state index is 6.51. The fourth-order valence-electron chi connectivity index (χ4n) is 6.57. The van der Waals surface area contributed by atoms with Gasteiger partial charge in [-0.1, -0.05) is 146 Å². The summed E-state index contributed by atoms with van der Waals surface area (Å²) in [6, 6.07) is 59.3. The van der Waals surface area contributed by atoms with Crippen LogP contribution in [0.1, 0.15) is 22.3 Å². The van der Waals surface area contributed by atoms with Gasteiger partial charge in [0.2, 0.25) is 0 Å². The molecular weight excluding hydrogens is 536 g/mol. The van der Waals surface area contributed by atoms with Gasteiger partial charge in [-0.15, -0.1) is 10.2 Å². The van der Waals surface area contributed by atoms with E-state index < -0.39 is 5.41 Å². The zero-order valence-electron chi connectivity index (χ0n) is 24.0. The van der Waals surface area contributed by atoms with Crippen LogP contribution in [0.5, 0.6) is 11.5 Å². The SMILES string of the molecule is c1ccc(-c2ccc(-c3ccc(-c4ccccc4C4(c5ccccc5)c5ccccc5Oc5ccccc54)cc3)nn2)cc1. The van der Waals surface area contributed by atoms with Crippen molar-refractivity contribution in [2.75, 3.05) is 0 Å². The van der Waals surface area contributed by atoms with E-state index in [1.807, 2.05) is 54.6 Å². The van der Waals surface area contributed by atoms with Crippen LogP contribution in [0.15, 0.2) is 170 Å². The van der Waals surface area contributed by atoms with Crippen molar-refractivity contribution >= 4 is 0 Å². The van der Waals surface area contributed by atoms with Crippen molar-refractivity contribution in [1.82, 2.24) is 10.2 Å². The lowest BCUT2D eigenvalue weighted by atomic mass is 9.62. The first-order valence-electron chi connectivity index (χ1n) is 14.8. The standard InChI is InChI=1S/C41H28N2O/c1-3-13-30(14-4-1)37-27-28-38(43-42-37)31-25-23-29(24-26-31)33-17-7-8-18-34(33)41(32-15-5-2-6-16-32)35-19-9-11-21-39(35)44-40-22-12-10-20-36(40)41/h1-28H. The van der Waals surface area contributed by atoms with Crippen molar-refractivity contribution in [2.24, 2.45) is 0 Å². The third kappa shape index (κ3) is 4.21. The van der Waals surface area contributed by atoms with Crippen LogP contribution >= 0.6 is 0 Å². The van der Waals surface area contributed by atoms with E-state index >= 15 is 0 Å². The Hall–Kier alpha value is -5.80. The zero-order chi connectivity index (χ0) is 29.3. The average Bonchev–Trinajstić information content (AvgIpc) is 3.11. The summed E-state index contributed by atoms with van der Waals surface area (Å²) in [7, 11) is 0. The van der Waals surface area contributed by atoms with E-state index in [1.165, 1.54) is 16.7 Å². The predicted octanol–water partition coefficient (Wildman–Crippen LogP) is 9.97. The van der Waals surface area contributed by atoms with Gasteiger partial charge in [-0.25, -0.2) is 0 Å². The van der Waals surface area contributed by atoms with E-state index in [2.05, 4.69) is 125 Å². The molecule has 1 aliphatic heterocycles. The topological polar surface area (TPSA) is 35.0 Å². The highest BCUT2D eigenvalue weighted by Crippen LogP contribution is 2.56. The second-order valence-electron chi connectivity index (χ2n) is 11.0. The molecule has 0 saturated heterocycles. The quantitative estimate of drug-likeness (QED) is 0.209. The number of fused-ring (bicyclic) bond motifs is 2. The van der Waals surface area contributed by atoms with Crippen molar-refractivity contribution in [3.63, 3.8) is 0 Å². The summed E-state index contributed by atoms with van der Waals surface area (Å²) in [6.07, 6.45) is 0. The van der Waals surface area contributed by atoms with Gasteiger partial charge in [-0.3, -0.25) is 0 Å². The van der Waals surface area contributed by atoms with Crippen molar-refractivity contribution in [2.45, 2.75) is 5.41 Å². The van der Waals surface area contributed by atoms with E-state index in [9.17, 15) is 0 Å². The van der Waals surface area contributed by atoms with Gasteiger partial charge in [0.1, 0.15) is 11.5 Å². The fourth-order valence-corrected chi connectivity index (χ4v) is 6.57. The number of hydrogen-bond donors (Lipinski definition) is 0. The maximum Gasteiger partial charge on any atom is 0.132 e. The molecule has 8 rings (SSSR count). The first-order valence-corrected chi connectivity index (χ1v) is 14.8. The van der Waals surface area contributed by atoms with Gasteiger partial charge in [0, 0.05) is 22.3 Å². The maximum absolute atomic E-state index is 6.51. The molecule has 0 atom stereocenters. The molecule has 0 aliphatic carbocycles. The molecule has 44 heavy (non-hydrogen) atoms. The number of nitrogens with zero attached hydrogens (tertiary/aromatic N) is 2. The van der Waals surface area contributed by atoms with Crippen molar-refractivity contribution in [1.29, 1.82) is 0 Å². The fraction of sp³-hybridized carbons (Fsp3) is 0.0244. The van der Waals surface area contributed by atoms with Crippen LogP contribution in [0.25, 0.3) is 33.6 Å².